The van der Waals surface area contributed by atoms with Gasteiger partial charge in [-0.2, -0.15) is 0 Å². The topological polar surface area (TPSA) is 20.3 Å². The molecule has 118 valence electrons. The van der Waals surface area contributed by atoms with Crippen LogP contribution in [0.15, 0.2) is 18.2 Å². The zero-order chi connectivity index (χ0) is 16.4. The van der Waals surface area contributed by atoms with Crippen LogP contribution in [0.3, 0.4) is 0 Å². The molecule has 0 aromatic heterocycles. The van der Waals surface area contributed by atoms with Gasteiger partial charge in [0, 0.05) is 38.8 Å². The standard InChI is InChI=1S/C18H31NOSi/c1-18(2,3)17(20)16-10-9-15(19(4)5)13-14(16)11-12-21(6,7)8/h9-10,13H,11-12H2,1-8H3. The van der Waals surface area contributed by atoms with Gasteiger partial charge in [0.1, 0.15) is 0 Å². The number of ketones is 1. The normalized spacial score (nSPS) is 12.4. The van der Waals surface area contributed by atoms with E-state index in [1.165, 1.54) is 17.3 Å². The number of nitrogens with zero attached hydrogens (tertiary/aromatic N) is 1. The largest absolute Gasteiger partial charge is 0.378 e. The monoisotopic (exact) mass is 305 g/mol. The summed E-state index contributed by atoms with van der Waals surface area (Å²) in [6, 6.07) is 7.48. The van der Waals surface area contributed by atoms with Crippen LogP contribution in [0.4, 0.5) is 5.69 Å². The molecule has 0 aliphatic heterocycles. The van der Waals surface area contributed by atoms with Gasteiger partial charge in [-0.25, -0.2) is 0 Å². The van der Waals surface area contributed by atoms with Crippen molar-refractivity contribution in [3.8, 4) is 0 Å². The predicted octanol–water partition coefficient (Wildman–Crippen LogP) is 4.86. The molecule has 0 spiro atoms. The van der Waals surface area contributed by atoms with Gasteiger partial charge >= 0.3 is 0 Å². The van der Waals surface area contributed by atoms with E-state index < -0.39 is 8.07 Å². The third-order valence-corrected chi connectivity index (χ3v) is 5.43. The maximum atomic E-state index is 12.7. The van der Waals surface area contributed by atoms with Crippen molar-refractivity contribution >= 4 is 19.5 Å². The van der Waals surface area contributed by atoms with Crippen molar-refractivity contribution in [2.24, 2.45) is 5.41 Å². The fraction of sp³-hybridized carbons (Fsp3) is 0.611. The van der Waals surface area contributed by atoms with Gasteiger partial charge in [-0.3, -0.25) is 4.79 Å². The van der Waals surface area contributed by atoms with Gasteiger partial charge in [0.05, 0.1) is 0 Å². The van der Waals surface area contributed by atoms with Crippen molar-refractivity contribution in [3.05, 3.63) is 29.3 Å². The van der Waals surface area contributed by atoms with Crippen LogP contribution in [-0.2, 0) is 6.42 Å². The van der Waals surface area contributed by atoms with Crippen molar-refractivity contribution in [1.29, 1.82) is 0 Å². The molecule has 2 nitrogen and oxygen atoms in total. The van der Waals surface area contributed by atoms with Gasteiger partial charge in [-0.15, -0.1) is 0 Å². The van der Waals surface area contributed by atoms with E-state index in [0.29, 0.717) is 0 Å². The van der Waals surface area contributed by atoms with Crippen LogP contribution in [0, 0.1) is 5.41 Å². The molecule has 0 atom stereocenters. The maximum Gasteiger partial charge on any atom is 0.168 e. The Bertz CT molecular complexity index is 507. The molecule has 0 bridgehead atoms. The second-order valence-electron chi connectivity index (χ2n) is 8.38. The Kier molecular flexibility index (Phi) is 5.43. The highest BCUT2D eigenvalue weighted by atomic mass is 28.3. The number of aryl methyl sites for hydroxylation is 1. The highest BCUT2D eigenvalue weighted by molar-refractivity contribution is 6.76. The molecule has 0 amide bonds. The summed E-state index contributed by atoms with van der Waals surface area (Å²) in [6.45, 7) is 13.1. The third kappa shape index (κ3) is 5.31. The smallest absolute Gasteiger partial charge is 0.168 e. The average Bonchev–Trinajstić information content (AvgIpc) is 2.33. The number of anilines is 1. The molecule has 0 unspecified atom stereocenters. The number of rotatable bonds is 5. The molecule has 0 saturated carbocycles. The fourth-order valence-electron chi connectivity index (χ4n) is 2.20. The molecule has 0 saturated heterocycles. The first kappa shape index (κ1) is 18.0. The minimum absolute atomic E-state index is 0.249. The SMILES string of the molecule is CN(C)c1ccc(C(=O)C(C)(C)C)c(CC[Si](C)(C)C)c1. The predicted molar refractivity (Wildman–Crippen MR) is 96.4 cm³/mol. The van der Waals surface area contributed by atoms with Crippen LogP contribution >= 0.6 is 0 Å². The molecular formula is C18H31NOSi. The molecule has 3 heteroatoms. The van der Waals surface area contributed by atoms with Gasteiger partial charge in [0.25, 0.3) is 0 Å². The van der Waals surface area contributed by atoms with Crippen molar-refractivity contribution in [1.82, 2.24) is 0 Å². The molecule has 0 aliphatic rings. The lowest BCUT2D eigenvalue weighted by Gasteiger charge is -2.23. The van der Waals surface area contributed by atoms with Crippen molar-refractivity contribution in [2.45, 2.75) is 52.9 Å². The first-order chi connectivity index (χ1) is 9.42. The second-order valence-corrected chi connectivity index (χ2v) is 14.0. The summed E-state index contributed by atoms with van der Waals surface area (Å²) in [7, 11) is 2.98. The zero-order valence-electron chi connectivity index (χ0n) is 15.0. The van der Waals surface area contributed by atoms with Gasteiger partial charge in [0.15, 0.2) is 5.78 Å². The summed E-state index contributed by atoms with van der Waals surface area (Å²) in [5.41, 5.74) is 2.97. The Hall–Kier alpha value is -1.09. The summed E-state index contributed by atoms with van der Waals surface area (Å²) in [6.07, 6.45) is 1.01. The Morgan fingerprint density at radius 3 is 2.14 bits per heavy atom. The minimum Gasteiger partial charge on any atom is -0.378 e. The summed E-state index contributed by atoms with van der Waals surface area (Å²) < 4.78 is 0. The van der Waals surface area contributed by atoms with E-state index in [4.69, 9.17) is 0 Å². The Morgan fingerprint density at radius 2 is 1.71 bits per heavy atom. The summed E-state index contributed by atoms with van der Waals surface area (Å²) in [4.78, 5) is 14.8. The van der Waals surface area contributed by atoms with Crippen molar-refractivity contribution < 1.29 is 4.79 Å². The van der Waals surface area contributed by atoms with Crippen molar-refractivity contribution in [2.75, 3.05) is 19.0 Å². The van der Waals surface area contributed by atoms with E-state index in [0.717, 1.165) is 12.0 Å². The van der Waals surface area contributed by atoms with E-state index in [2.05, 4.69) is 36.7 Å². The molecule has 0 N–H and O–H groups in total. The number of carbonyl (C=O) groups excluding carboxylic acids is 1. The summed E-state index contributed by atoms with van der Waals surface area (Å²) >= 11 is 0. The molecule has 0 heterocycles. The minimum atomic E-state index is -1.11. The summed E-state index contributed by atoms with van der Waals surface area (Å²) in [5.74, 6) is 0.249. The van der Waals surface area contributed by atoms with E-state index in [9.17, 15) is 4.79 Å². The van der Waals surface area contributed by atoms with Crippen LogP contribution < -0.4 is 4.90 Å². The Labute approximate surface area is 131 Å². The first-order valence-corrected chi connectivity index (χ1v) is 11.5. The lowest BCUT2D eigenvalue weighted by atomic mass is 9.84. The van der Waals surface area contributed by atoms with Crippen molar-refractivity contribution in [3.63, 3.8) is 0 Å². The zero-order valence-corrected chi connectivity index (χ0v) is 16.0. The number of carbonyl (C=O) groups is 1. The summed E-state index contributed by atoms with van der Waals surface area (Å²) in [5, 5.41) is 0. The maximum absolute atomic E-state index is 12.7. The van der Waals surface area contributed by atoms with E-state index in [-0.39, 0.29) is 11.2 Å². The van der Waals surface area contributed by atoms with Gasteiger partial charge < -0.3 is 4.90 Å². The van der Waals surface area contributed by atoms with Gasteiger partial charge in [-0.1, -0.05) is 46.5 Å². The van der Waals surface area contributed by atoms with E-state index >= 15 is 0 Å². The molecule has 21 heavy (non-hydrogen) atoms. The number of benzene rings is 1. The van der Waals surface area contributed by atoms with Crippen LogP contribution in [0.1, 0.15) is 36.7 Å². The lowest BCUT2D eigenvalue weighted by molar-refractivity contribution is 0.0857. The number of hydrogen-bond donors (Lipinski definition) is 0. The first-order valence-electron chi connectivity index (χ1n) is 7.77. The van der Waals surface area contributed by atoms with Gasteiger partial charge in [-0.05, 0) is 30.2 Å². The molecular weight excluding hydrogens is 274 g/mol. The second kappa shape index (κ2) is 6.35. The Balaban J connectivity index is 3.20. The lowest BCUT2D eigenvalue weighted by Crippen LogP contribution is -2.24. The van der Waals surface area contributed by atoms with Crippen LogP contribution in [-0.4, -0.2) is 28.0 Å². The van der Waals surface area contributed by atoms with Crippen LogP contribution in [0.5, 0.6) is 0 Å². The highest BCUT2D eigenvalue weighted by Crippen LogP contribution is 2.28. The van der Waals surface area contributed by atoms with Gasteiger partial charge in [0.2, 0.25) is 0 Å². The molecule has 1 rings (SSSR count). The highest BCUT2D eigenvalue weighted by Gasteiger charge is 2.26. The number of Topliss-reactive ketones (excluding diaryl/α,β-unsaturated/α-hetero) is 1. The van der Waals surface area contributed by atoms with Crippen LogP contribution in [0.25, 0.3) is 0 Å². The molecule has 0 aliphatic carbocycles. The quantitative estimate of drug-likeness (QED) is 0.572. The van der Waals surface area contributed by atoms with E-state index in [1.54, 1.807) is 0 Å². The Morgan fingerprint density at radius 1 is 1.14 bits per heavy atom. The van der Waals surface area contributed by atoms with E-state index in [1.807, 2.05) is 40.9 Å². The third-order valence-electron chi connectivity index (χ3n) is 3.68. The molecule has 1 aromatic carbocycles. The fourth-order valence-corrected chi connectivity index (χ4v) is 3.22. The molecule has 1 aromatic rings. The number of hydrogen-bond acceptors (Lipinski definition) is 2. The molecule has 0 radical (unpaired) electrons. The average molecular weight is 306 g/mol. The van der Waals surface area contributed by atoms with Crippen LogP contribution in [0.2, 0.25) is 25.7 Å². The molecule has 0 fully saturated rings.